The molecular weight excluding hydrogens is 271 g/mol. The van der Waals surface area contributed by atoms with Crippen LogP contribution in [0.25, 0.3) is 11.1 Å². The van der Waals surface area contributed by atoms with Crippen LogP contribution < -0.4 is 4.74 Å². The normalized spacial score (nSPS) is 10.2. The van der Waals surface area contributed by atoms with E-state index in [2.05, 4.69) is 4.74 Å². The van der Waals surface area contributed by atoms with E-state index in [1.807, 2.05) is 24.3 Å². The van der Waals surface area contributed by atoms with Crippen LogP contribution in [0.4, 0.5) is 4.39 Å². The quantitative estimate of drug-likeness (QED) is 0.788. The van der Waals surface area contributed by atoms with E-state index in [1.165, 1.54) is 20.3 Å². The van der Waals surface area contributed by atoms with Crippen LogP contribution in [-0.2, 0) is 16.0 Å². The standard InChI is InChI=1S/C17H17FO3/c1-20-15-8-4-7-14(18)17(15)13-6-3-5-12(11-13)9-10-16(19)21-2/h3-8,11H,9-10H2,1-2H3. The average Bonchev–Trinajstić information content (AvgIpc) is 2.52. The molecule has 0 fully saturated rings. The molecular formula is C17H17FO3. The Hall–Kier alpha value is -2.36. The Bertz CT molecular complexity index is 638. The maximum atomic E-state index is 14.1. The summed E-state index contributed by atoms with van der Waals surface area (Å²) in [4.78, 5) is 11.2. The van der Waals surface area contributed by atoms with Crippen molar-refractivity contribution >= 4 is 5.97 Å². The van der Waals surface area contributed by atoms with Crippen LogP contribution in [0.1, 0.15) is 12.0 Å². The summed E-state index contributed by atoms with van der Waals surface area (Å²) in [5.74, 6) is -0.108. The van der Waals surface area contributed by atoms with E-state index in [-0.39, 0.29) is 11.8 Å². The van der Waals surface area contributed by atoms with E-state index in [4.69, 9.17) is 4.74 Å². The molecule has 0 bridgehead atoms. The second-order valence-corrected chi connectivity index (χ2v) is 4.59. The third-order valence-corrected chi connectivity index (χ3v) is 3.26. The lowest BCUT2D eigenvalue weighted by Gasteiger charge is -2.11. The van der Waals surface area contributed by atoms with Gasteiger partial charge >= 0.3 is 5.97 Å². The van der Waals surface area contributed by atoms with Gasteiger partial charge in [0, 0.05) is 6.42 Å². The first kappa shape index (κ1) is 15.0. The maximum absolute atomic E-state index is 14.1. The van der Waals surface area contributed by atoms with Gasteiger partial charge in [-0.1, -0.05) is 30.3 Å². The molecule has 0 radical (unpaired) electrons. The molecule has 0 aromatic heterocycles. The van der Waals surface area contributed by atoms with Gasteiger partial charge in [0.2, 0.25) is 0 Å². The molecule has 110 valence electrons. The third kappa shape index (κ3) is 3.60. The summed E-state index contributed by atoms with van der Waals surface area (Å²) in [7, 11) is 2.88. The van der Waals surface area contributed by atoms with Crippen LogP contribution in [0.15, 0.2) is 42.5 Å². The highest BCUT2D eigenvalue weighted by Crippen LogP contribution is 2.32. The predicted octanol–water partition coefficient (Wildman–Crippen LogP) is 3.61. The molecule has 0 saturated carbocycles. The number of methoxy groups -OCH3 is 2. The monoisotopic (exact) mass is 288 g/mol. The number of esters is 1. The van der Waals surface area contributed by atoms with E-state index in [1.54, 1.807) is 12.1 Å². The molecule has 4 heteroatoms. The van der Waals surface area contributed by atoms with E-state index in [0.29, 0.717) is 24.2 Å². The summed E-state index contributed by atoms with van der Waals surface area (Å²) in [6, 6.07) is 12.2. The highest BCUT2D eigenvalue weighted by Gasteiger charge is 2.12. The fraction of sp³-hybridized carbons (Fsp3) is 0.235. The molecule has 0 heterocycles. The average molecular weight is 288 g/mol. The zero-order valence-corrected chi connectivity index (χ0v) is 12.1. The van der Waals surface area contributed by atoms with Crippen molar-refractivity contribution in [2.45, 2.75) is 12.8 Å². The molecule has 0 unspecified atom stereocenters. The Morgan fingerprint density at radius 3 is 2.62 bits per heavy atom. The Balaban J connectivity index is 2.31. The van der Waals surface area contributed by atoms with Crippen molar-refractivity contribution in [3.05, 3.63) is 53.8 Å². The van der Waals surface area contributed by atoms with Crippen LogP contribution in [0.5, 0.6) is 5.75 Å². The predicted molar refractivity (Wildman–Crippen MR) is 78.7 cm³/mol. The summed E-state index contributed by atoms with van der Waals surface area (Å²) >= 11 is 0. The van der Waals surface area contributed by atoms with Crippen molar-refractivity contribution in [3.8, 4) is 16.9 Å². The van der Waals surface area contributed by atoms with Crippen molar-refractivity contribution in [1.82, 2.24) is 0 Å². The molecule has 2 aromatic rings. The molecule has 2 rings (SSSR count). The molecule has 0 aliphatic rings. The molecule has 0 atom stereocenters. The van der Waals surface area contributed by atoms with E-state index >= 15 is 0 Å². The summed E-state index contributed by atoms with van der Waals surface area (Å²) < 4.78 is 23.9. The number of hydrogen-bond acceptors (Lipinski definition) is 3. The van der Waals surface area contributed by atoms with Gasteiger partial charge in [0.05, 0.1) is 19.8 Å². The Labute approximate surface area is 123 Å². The molecule has 0 aliphatic heterocycles. The highest BCUT2D eigenvalue weighted by atomic mass is 19.1. The number of ether oxygens (including phenoxy) is 2. The minimum atomic E-state index is -0.334. The summed E-state index contributed by atoms with van der Waals surface area (Å²) in [5, 5.41) is 0. The molecule has 0 amide bonds. The van der Waals surface area contributed by atoms with Crippen LogP contribution in [0.3, 0.4) is 0 Å². The van der Waals surface area contributed by atoms with Gasteiger partial charge in [0.1, 0.15) is 11.6 Å². The van der Waals surface area contributed by atoms with Gasteiger partial charge in [-0.2, -0.15) is 0 Å². The van der Waals surface area contributed by atoms with Crippen molar-refractivity contribution in [2.75, 3.05) is 14.2 Å². The van der Waals surface area contributed by atoms with Gasteiger partial charge in [-0.3, -0.25) is 4.79 Å². The number of rotatable bonds is 5. The zero-order valence-electron chi connectivity index (χ0n) is 12.1. The number of benzene rings is 2. The molecule has 2 aromatic carbocycles. The number of halogens is 1. The molecule has 0 saturated heterocycles. The minimum absolute atomic E-state index is 0.260. The highest BCUT2D eigenvalue weighted by molar-refractivity contribution is 5.72. The number of carbonyl (C=O) groups is 1. The second-order valence-electron chi connectivity index (χ2n) is 4.59. The van der Waals surface area contributed by atoms with Crippen molar-refractivity contribution in [3.63, 3.8) is 0 Å². The lowest BCUT2D eigenvalue weighted by atomic mass is 10.00. The van der Waals surface area contributed by atoms with E-state index < -0.39 is 0 Å². The van der Waals surface area contributed by atoms with Crippen LogP contribution in [-0.4, -0.2) is 20.2 Å². The zero-order chi connectivity index (χ0) is 15.2. The van der Waals surface area contributed by atoms with Gasteiger partial charge in [0.15, 0.2) is 0 Å². The largest absolute Gasteiger partial charge is 0.496 e. The first-order valence-electron chi connectivity index (χ1n) is 6.64. The number of carbonyl (C=O) groups excluding carboxylic acids is 1. The Kier molecular flexibility index (Phi) is 4.93. The Morgan fingerprint density at radius 2 is 1.90 bits per heavy atom. The lowest BCUT2D eigenvalue weighted by Crippen LogP contribution is -2.02. The summed E-state index contributed by atoms with van der Waals surface area (Å²) in [6.45, 7) is 0. The number of hydrogen-bond donors (Lipinski definition) is 0. The smallest absolute Gasteiger partial charge is 0.305 e. The molecule has 0 spiro atoms. The van der Waals surface area contributed by atoms with Gasteiger partial charge in [-0.25, -0.2) is 4.39 Å². The van der Waals surface area contributed by atoms with Gasteiger partial charge in [-0.05, 0) is 29.7 Å². The first-order valence-corrected chi connectivity index (χ1v) is 6.64. The first-order chi connectivity index (χ1) is 10.2. The van der Waals surface area contributed by atoms with Gasteiger partial charge in [-0.15, -0.1) is 0 Å². The van der Waals surface area contributed by atoms with Gasteiger partial charge < -0.3 is 9.47 Å². The van der Waals surface area contributed by atoms with Crippen LogP contribution >= 0.6 is 0 Å². The fourth-order valence-electron chi connectivity index (χ4n) is 2.19. The molecule has 3 nitrogen and oxygen atoms in total. The van der Waals surface area contributed by atoms with E-state index in [9.17, 15) is 9.18 Å². The van der Waals surface area contributed by atoms with Gasteiger partial charge in [0.25, 0.3) is 0 Å². The number of aryl methyl sites for hydroxylation is 1. The minimum Gasteiger partial charge on any atom is -0.496 e. The third-order valence-electron chi connectivity index (χ3n) is 3.26. The maximum Gasteiger partial charge on any atom is 0.305 e. The van der Waals surface area contributed by atoms with E-state index in [0.717, 1.165) is 11.1 Å². The fourth-order valence-corrected chi connectivity index (χ4v) is 2.19. The topological polar surface area (TPSA) is 35.5 Å². The molecule has 0 N–H and O–H groups in total. The molecule has 0 aliphatic carbocycles. The SMILES string of the molecule is COC(=O)CCc1cccc(-c2c(F)cccc2OC)c1. The lowest BCUT2D eigenvalue weighted by molar-refractivity contribution is -0.140. The van der Waals surface area contributed by atoms with Crippen LogP contribution in [0.2, 0.25) is 0 Å². The van der Waals surface area contributed by atoms with Crippen molar-refractivity contribution in [2.24, 2.45) is 0 Å². The summed E-state index contributed by atoms with van der Waals surface area (Å²) in [5.41, 5.74) is 2.11. The molecule has 21 heavy (non-hydrogen) atoms. The second kappa shape index (κ2) is 6.88. The van der Waals surface area contributed by atoms with Crippen molar-refractivity contribution < 1.29 is 18.7 Å². The van der Waals surface area contributed by atoms with Crippen LogP contribution in [0, 0.1) is 5.82 Å². The van der Waals surface area contributed by atoms with Crippen molar-refractivity contribution in [1.29, 1.82) is 0 Å². The summed E-state index contributed by atoms with van der Waals surface area (Å²) in [6.07, 6.45) is 0.853. The Morgan fingerprint density at radius 1 is 1.14 bits per heavy atom.